The van der Waals surface area contributed by atoms with Gasteiger partial charge < -0.3 is 15.4 Å². The van der Waals surface area contributed by atoms with Gasteiger partial charge in [-0.25, -0.2) is 0 Å². The van der Waals surface area contributed by atoms with Crippen molar-refractivity contribution in [1.82, 2.24) is 5.32 Å². The van der Waals surface area contributed by atoms with Gasteiger partial charge in [-0.05, 0) is 74.4 Å². The summed E-state index contributed by atoms with van der Waals surface area (Å²) in [5.74, 6) is 0.228. The van der Waals surface area contributed by atoms with E-state index in [1.54, 1.807) is 31.2 Å². The molecule has 0 aliphatic heterocycles. The molecule has 2 aromatic rings. The number of anilines is 1. The molecule has 28 heavy (non-hydrogen) atoms. The third-order valence-corrected chi connectivity index (χ3v) is 4.97. The Balaban J connectivity index is 1.65. The predicted molar refractivity (Wildman–Crippen MR) is 111 cm³/mol. The summed E-state index contributed by atoms with van der Waals surface area (Å²) >= 11 is 0. The molecule has 0 aromatic heterocycles. The second-order valence-corrected chi connectivity index (χ2v) is 7.19. The van der Waals surface area contributed by atoms with Crippen molar-refractivity contribution in [1.29, 1.82) is 0 Å². The molecule has 1 unspecified atom stereocenters. The van der Waals surface area contributed by atoms with E-state index in [4.69, 9.17) is 4.74 Å². The summed E-state index contributed by atoms with van der Waals surface area (Å²) in [6, 6.07) is 13.1. The number of ether oxygens (including phenoxy) is 1. The number of aryl methyl sites for hydroxylation is 2. The van der Waals surface area contributed by atoms with E-state index in [9.17, 15) is 9.59 Å². The zero-order valence-corrected chi connectivity index (χ0v) is 16.6. The molecule has 1 aliphatic rings. The van der Waals surface area contributed by atoms with Crippen molar-refractivity contribution >= 4 is 17.5 Å². The largest absolute Gasteiger partial charge is 0.481 e. The summed E-state index contributed by atoms with van der Waals surface area (Å²) in [6.45, 7) is 4.31. The average molecular weight is 380 g/mol. The smallest absolute Gasteiger partial charge is 0.265 e. The molecule has 148 valence electrons. The minimum Gasteiger partial charge on any atom is -0.481 e. The molecule has 5 nitrogen and oxygen atoms in total. The first kappa shape index (κ1) is 19.9. The number of rotatable bonds is 7. The van der Waals surface area contributed by atoms with E-state index in [0.29, 0.717) is 23.5 Å². The molecule has 0 spiro atoms. The topological polar surface area (TPSA) is 67.4 Å². The zero-order valence-electron chi connectivity index (χ0n) is 16.6. The van der Waals surface area contributed by atoms with Gasteiger partial charge in [-0.15, -0.1) is 0 Å². The van der Waals surface area contributed by atoms with E-state index in [1.807, 2.05) is 19.1 Å². The number of para-hydroxylation sites is 1. The molecule has 0 fully saturated rings. The Morgan fingerprint density at radius 2 is 1.82 bits per heavy atom. The van der Waals surface area contributed by atoms with Crippen molar-refractivity contribution in [2.24, 2.45) is 0 Å². The molecule has 0 radical (unpaired) electrons. The lowest BCUT2D eigenvalue weighted by Gasteiger charge is -2.19. The van der Waals surface area contributed by atoms with Gasteiger partial charge in [-0.1, -0.05) is 25.1 Å². The predicted octanol–water partition coefficient (Wildman–Crippen LogP) is 4.11. The highest BCUT2D eigenvalue weighted by Crippen LogP contribution is 2.26. The first-order chi connectivity index (χ1) is 13.6. The minimum atomic E-state index is -0.673. The number of carbonyl (C=O) groups excluding carboxylic acids is 2. The van der Waals surface area contributed by atoms with Crippen molar-refractivity contribution in [3.8, 4) is 5.75 Å². The van der Waals surface area contributed by atoms with Gasteiger partial charge in [0.25, 0.3) is 11.8 Å². The number of hydrogen-bond acceptors (Lipinski definition) is 3. The summed E-state index contributed by atoms with van der Waals surface area (Å²) in [5, 5.41) is 5.66. The molecule has 0 bridgehead atoms. The van der Waals surface area contributed by atoms with Crippen LogP contribution in [-0.2, 0) is 17.6 Å². The fraction of sp³-hybridized carbons (Fsp3) is 0.391. The maximum atomic E-state index is 12.6. The first-order valence-electron chi connectivity index (χ1n) is 10.0. The van der Waals surface area contributed by atoms with Gasteiger partial charge in [-0.2, -0.15) is 0 Å². The first-order valence-corrected chi connectivity index (χ1v) is 10.0. The van der Waals surface area contributed by atoms with Crippen LogP contribution in [0.25, 0.3) is 0 Å². The quantitative estimate of drug-likeness (QED) is 0.760. The van der Waals surface area contributed by atoms with Gasteiger partial charge in [0.05, 0.1) is 11.3 Å². The number of fused-ring (bicyclic) bond motifs is 1. The van der Waals surface area contributed by atoms with Crippen LogP contribution in [0.15, 0.2) is 42.5 Å². The second-order valence-electron chi connectivity index (χ2n) is 7.19. The molecular weight excluding hydrogens is 352 g/mol. The molecule has 0 heterocycles. The van der Waals surface area contributed by atoms with Crippen LogP contribution in [0.2, 0.25) is 0 Å². The fourth-order valence-corrected chi connectivity index (χ4v) is 3.40. The summed E-state index contributed by atoms with van der Waals surface area (Å²) < 4.78 is 5.87. The summed E-state index contributed by atoms with van der Waals surface area (Å²) in [4.78, 5) is 24.9. The van der Waals surface area contributed by atoms with E-state index < -0.39 is 6.10 Å². The van der Waals surface area contributed by atoms with Crippen LogP contribution in [0.3, 0.4) is 0 Å². The van der Waals surface area contributed by atoms with Gasteiger partial charge in [0.2, 0.25) is 0 Å². The summed E-state index contributed by atoms with van der Waals surface area (Å²) in [6.07, 6.45) is 4.79. The van der Waals surface area contributed by atoms with Crippen LogP contribution in [0.4, 0.5) is 5.69 Å². The van der Waals surface area contributed by atoms with Crippen molar-refractivity contribution < 1.29 is 14.3 Å². The van der Waals surface area contributed by atoms with Crippen molar-refractivity contribution in [2.45, 2.75) is 52.1 Å². The monoisotopic (exact) mass is 380 g/mol. The van der Waals surface area contributed by atoms with Crippen molar-refractivity contribution in [3.05, 3.63) is 59.2 Å². The van der Waals surface area contributed by atoms with E-state index in [-0.39, 0.29) is 11.8 Å². The van der Waals surface area contributed by atoms with E-state index in [2.05, 4.69) is 16.7 Å². The number of hydrogen-bond donors (Lipinski definition) is 2. The standard InChI is InChI=1S/C23H28N2O3/c1-3-14-24-23(27)20-10-6-7-11-21(20)25-22(26)16(2)28-19-13-12-17-8-4-5-9-18(17)15-19/h6-7,10-13,15-16H,3-5,8-9,14H2,1-2H3,(H,24,27)(H,25,26). The van der Waals surface area contributed by atoms with E-state index in [1.165, 1.54) is 24.0 Å². The normalized spacial score (nSPS) is 13.9. The minimum absolute atomic E-state index is 0.194. The molecular formula is C23H28N2O3. The van der Waals surface area contributed by atoms with E-state index in [0.717, 1.165) is 19.3 Å². The van der Waals surface area contributed by atoms with Crippen LogP contribution in [-0.4, -0.2) is 24.5 Å². The van der Waals surface area contributed by atoms with Crippen LogP contribution in [0, 0.1) is 0 Å². The maximum Gasteiger partial charge on any atom is 0.265 e. The molecule has 3 rings (SSSR count). The molecule has 5 heteroatoms. The number of nitrogens with one attached hydrogen (secondary N) is 2. The molecule has 1 aliphatic carbocycles. The van der Waals surface area contributed by atoms with Gasteiger partial charge in [0, 0.05) is 6.54 Å². The van der Waals surface area contributed by atoms with Crippen LogP contribution < -0.4 is 15.4 Å². The lowest BCUT2D eigenvalue weighted by atomic mass is 9.92. The second kappa shape index (κ2) is 9.40. The highest BCUT2D eigenvalue weighted by molar-refractivity contribution is 6.04. The fourth-order valence-electron chi connectivity index (χ4n) is 3.40. The molecule has 1 atom stereocenters. The molecule has 2 amide bonds. The highest BCUT2D eigenvalue weighted by Gasteiger charge is 2.19. The number of carbonyl (C=O) groups is 2. The summed E-state index contributed by atoms with van der Waals surface area (Å²) in [7, 11) is 0. The van der Waals surface area contributed by atoms with Crippen molar-refractivity contribution in [3.63, 3.8) is 0 Å². The number of benzene rings is 2. The lowest BCUT2D eigenvalue weighted by molar-refractivity contribution is -0.122. The molecule has 0 saturated heterocycles. The zero-order chi connectivity index (χ0) is 19.9. The third kappa shape index (κ3) is 4.91. The Morgan fingerprint density at radius 1 is 1.07 bits per heavy atom. The van der Waals surface area contributed by atoms with Gasteiger partial charge in [-0.3, -0.25) is 9.59 Å². The Hall–Kier alpha value is -2.82. The van der Waals surface area contributed by atoms with Gasteiger partial charge in [0.1, 0.15) is 5.75 Å². The van der Waals surface area contributed by atoms with Gasteiger partial charge >= 0.3 is 0 Å². The molecule has 0 saturated carbocycles. The Bertz CT molecular complexity index is 847. The Morgan fingerprint density at radius 3 is 2.61 bits per heavy atom. The van der Waals surface area contributed by atoms with Gasteiger partial charge in [0.15, 0.2) is 6.10 Å². The van der Waals surface area contributed by atoms with Crippen molar-refractivity contribution in [2.75, 3.05) is 11.9 Å². The number of amides is 2. The Kier molecular flexibility index (Phi) is 6.69. The Labute approximate surface area is 166 Å². The van der Waals surface area contributed by atoms with Crippen LogP contribution >= 0.6 is 0 Å². The van der Waals surface area contributed by atoms with Crippen LogP contribution in [0.5, 0.6) is 5.75 Å². The molecule has 2 aromatic carbocycles. The van der Waals surface area contributed by atoms with E-state index >= 15 is 0 Å². The molecule has 2 N–H and O–H groups in total. The average Bonchev–Trinajstić information content (AvgIpc) is 2.72. The van der Waals surface area contributed by atoms with Crippen LogP contribution in [0.1, 0.15) is 54.6 Å². The SMILES string of the molecule is CCCNC(=O)c1ccccc1NC(=O)C(C)Oc1ccc2c(c1)CCCC2. The lowest BCUT2D eigenvalue weighted by Crippen LogP contribution is -2.32. The maximum absolute atomic E-state index is 12.6. The highest BCUT2D eigenvalue weighted by atomic mass is 16.5. The summed E-state index contributed by atoms with van der Waals surface area (Å²) in [5.41, 5.74) is 3.63. The third-order valence-electron chi connectivity index (χ3n) is 4.97.